The van der Waals surface area contributed by atoms with Crippen molar-refractivity contribution >= 4 is 17.5 Å². The molecule has 0 heterocycles. The van der Waals surface area contributed by atoms with Gasteiger partial charge in [-0.1, -0.05) is 11.6 Å². The van der Waals surface area contributed by atoms with Gasteiger partial charge < -0.3 is 10.1 Å². The predicted molar refractivity (Wildman–Crippen MR) is 65.6 cm³/mol. The summed E-state index contributed by atoms with van der Waals surface area (Å²) in [7, 11) is 3.14. The molecule has 88 valence electrons. The molecule has 0 atom stereocenters. The number of nitrogens with one attached hydrogen (secondary N) is 1. The Morgan fingerprint density at radius 2 is 1.75 bits per heavy atom. The van der Waals surface area contributed by atoms with Crippen LogP contribution in [0.2, 0.25) is 5.02 Å². The van der Waals surface area contributed by atoms with E-state index >= 15 is 0 Å². The van der Waals surface area contributed by atoms with E-state index in [0.29, 0.717) is 16.3 Å². The molecule has 0 saturated heterocycles. The van der Waals surface area contributed by atoms with E-state index in [-0.39, 0.29) is 5.91 Å². The van der Waals surface area contributed by atoms with Crippen LogP contribution in [0.15, 0.2) is 0 Å². The molecule has 0 aromatic heterocycles. The molecule has 1 aromatic rings. The van der Waals surface area contributed by atoms with E-state index in [1.54, 1.807) is 14.2 Å². The van der Waals surface area contributed by atoms with E-state index in [2.05, 4.69) is 5.32 Å². The van der Waals surface area contributed by atoms with Crippen LogP contribution >= 0.6 is 11.6 Å². The SMILES string of the molecule is CNC(=O)c1c(C)c(Cl)c(C)c(C)c1OC. The minimum absolute atomic E-state index is 0.181. The molecule has 0 aliphatic carbocycles. The van der Waals surface area contributed by atoms with Crippen LogP contribution in [-0.4, -0.2) is 20.1 Å². The van der Waals surface area contributed by atoms with Crippen molar-refractivity contribution in [1.29, 1.82) is 0 Å². The summed E-state index contributed by atoms with van der Waals surface area (Å²) in [5.74, 6) is 0.415. The zero-order chi connectivity index (χ0) is 12.5. The van der Waals surface area contributed by atoms with Crippen molar-refractivity contribution in [2.24, 2.45) is 0 Å². The summed E-state index contributed by atoms with van der Waals surface area (Å²) in [6, 6.07) is 0. The van der Waals surface area contributed by atoms with E-state index in [1.165, 1.54) is 0 Å². The fourth-order valence-corrected chi connectivity index (χ4v) is 1.97. The lowest BCUT2D eigenvalue weighted by molar-refractivity contribution is 0.0959. The van der Waals surface area contributed by atoms with Gasteiger partial charge in [-0.3, -0.25) is 4.79 Å². The first-order chi connectivity index (χ1) is 7.45. The third-order valence-corrected chi connectivity index (χ3v) is 3.39. The smallest absolute Gasteiger partial charge is 0.255 e. The summed E-state index contributed by atoms with van der Waals surface area (Å²) < 4.78 is 5.30. The third kappa shape index (κ3) is 1.87. The molecule has 0 spiro atoms. The molecule has 1 amide bonds. The van der Waals surface area contributed by atoms with Crippen molar-refractivity contribution in [3.05, 3.63) is 27.3 Å². The zero-order valence-electron chi connectivity index (χ0n) is 10.2. The summed E-state index contributed by atoms with van der Waals surface area (Å²) >= 11 is 6.18. The maximum Gasteiger partial charge on any atom is 0.255 e. The van der Waals surface area contributed by atoms with Crippen LogP contribution in [0.4, 0.5) is 0 Å². The summed E-state index contributed by atoms with van der Waals surface area (Å²) in [6.07, 6.45) is 0. The molecular formula is C12H16ClNO2. The Labute approximate surface area is 101 Å². The highest BCUT2D eigenvalue weighted by atomic mass is 35.5. The van der Waals surface area contributed by atoms with E-state index in [0.717, 1.165) is 16.7 Å². The van der Waals surface area contributed by atoms with Gasteiger partial charge in [0.15, 0.2) is 0 Å². The van der Waals surface area contributed by atoms with Gasteiger partial charge in [-0.15, -0.1) is 0 Å². The number of methoxy groups -OCH3 is 1. The first kappa shape index (κ1) is 12.8. The van der Waals surface area contributed by atoms with Crippen LogP contribution in [0.5, 0.6) is 5.75 Å². The summed E-state index contributed by atoms with van der Waals surface area (Å²) in [4.78, 5) is 11.8. The van der Waals surface area contributed by atoms with Gasteiger partial charge in [0.2, 0.25) is 0 Å². The number of ether oxygens (including phenoxy) is 1. The predicted octanol–water partition coefficient (Wildman–Crippen LogP) is 2.63. The molecule has 0 fully saturated rings. The number of halogens is 1. The largest absolute Gasteiger partial charge is 0.496 e. The van der Waals surface area contributed by atoms with Gasteiger partial charge in [0, 0.05) is 12.1 Å². The van der Waals surface area contributed by atoms with E-state index in [1.807, 2.05) is 20.8 Å². The van der Waals surface area contributed by atoms with Crippen molar-refractivity contribution in [3.8, 4) is 5.75 Å². The number of carbonyl (C=O) groups excluding carboxylic acids is 1. The third-order valence-electron chi connectivity index (χ3n) is 2.82. The number of carbonyl (C=O) groups is 1. The molecule has 4 heteroatoms. The molecule has 0 aliphatic heterocycles. The van der Waals surface area contributed by atoms with Crippen molar-refractivity contribution in [2.75, 3.05) is 14.2 Å². The fraction of sp³-hybridized carbons (Fsp3) is 0.417. The highest BCUT2D eigenvalue weighted by Crippen LogP contribution is 2.35. The number of rotatable bonds is 2. The van der Waals surface area contributed by atoms with Crippen LogP contribution in [0.1, 0.15) is 27.0 Å². The van der Waals surface area contributed by atoms with Crippen LogP contribution < -0.4 is 10.1 Å². The monoisotopic (exact) mass is 241 g/mol. The topological polar surface area (TPSA) is 38.3 Å². The molecule has 1 aromatic carbocycles. The van der Waals surface area contributed by atoms with E-state index < -0.39 is 0 Å². The number of benzene rings is 1. The normalized spacial score (nSPS) is 10.1. The van der Waals surface area contributed by atoms with Gasteiger partial charge in [0.1, 0.15) is 5.75 Å². The van der Waals surface area contributed by atoms with Crippen molar-refractivity contribution in [3.63, 3.8) is 0 Å². The van der Waals surface area contributed by atoms with Gasteiger partial charge in [0.25, 0.3) is 5.91 Å². The first-order valence-corrected chi connectivity index (χ1v) is 5.38. The Morgan fingerprint density at radius 3 is 2.19 bits per heavy atom. The van der Waals surface area contributed by atoms with Crippen LogP contribution in [0.25, 0.3) is 0 Å². The number of hydrogen-bond acceptors (Lipinski definition) is 2. The Morgan fingerprint density at radius 1 is 1.19 bits per heavy atom. The Balaban J connectivity index is 3.64. The van der Waals surface area contributed by atoms with Crippen molar-refractivity contribution in [2.45, 2.75) is 20.8 Å². The first-order valence-electron chi connectivity index (χ1n) is 5.01. The molecule has 0 unspecified atom stereocenters. The molecule has 3 nitrogen and oxygen atoms in total. The summed E-state index contributed by atoms with van der Waals surface area (Å²) in [5.41, 5.74) is 3.11. The van der Waals surface area contributed by atoms with Crippen LogP contribution in [0.3, 0.4) is 0 Å². The Hall–Kier alpha value is -1.22. The number of amides is 1. The second-order valence-electron chi connectivity index (χ2n) is 3.68. The Kier molecular flexibility index (Phi) is 3.81. The average Bonchev–Trinajstić information content (AvgIpc) is 2.29. The summed E-state index contributed by atoms with van der Waals surface area (Å²) in [5, 5.41) is 3.22. The van der Waals surface area contributed by atoms with Gasteiger partial charge in [-0.25, -0.2) is 0 Å². The van der Waals surface area contributed by atoms with Crippen LogP contribution in [-0.2, 0) is 0 Å². The average molecular weight is 242 g/mol. The maximum atomic E-state index is 11.8. The standard InChI is InChI=1S/C12H16ClNO2/c1-6-7(2)11(16-5)9(12(15)14-4)8(3)10(6)13/h1-5H3,(H,14,15). The van der Waals surface area contributed by atoms with Crippen molar-refractivity contribution < 1.29 is 9.53 Å². The highest BCUT2D eigenvalue weighted by molar-refractivity contribution is 6.33. The maximum absolute atomic E-state index is 11.8. The minimum atomic E-state index is -0.181. The quantitative estimate of drug-likeness (QED) is 0.865. The van der Waals surface area contributed by atoms with Crippen molar-refractivity contribution in [1.82, 2.24) is 5.32 Å². The van der Waals surface area contributed by atoms with E-state index in [9.17, 15) is 4.79 Å². The van der Waals surface area contributed by atoms with Gasteiger partial charge >= 0.3 is 0 Å². The van der Waals surface area contributed by atoms with Gasteiger partial charge in [0.05, 0.1) is 12.7 Å². The Bertz CT molecular complexity index is 441. The second-order valence-corrected chi connectivity index (χ2v) is 4.05. The lowest BCUT2D eigenvalue weighted by atomic mass is 9.98. The van der Waals surface area contributed by atoms with Gasteiger partial charge in [-0.05, 0) is 37.5 Å². The molecule has 0 saturated carbocycles. The van der Waals surface area contributed by atoms with Crippen LogP contribution in [0, 0.1) is 20.8 Å². The molecule has 0 aliphatic rings. The zero-order valence-corrected chi connectivity index (χ0v) is 11.0. The van der Waals surface area contributed by atoms with E-state index in [4.69, 9.17) is 16.3 Å². The highest BCUT2D eigenvalue weighted by Gasteiger charge is 2.21. The molecule has 16 heavy (non-hydrogen) atoms. The molecular weight excluding hydrogens is 226 g/mol. The molecule has 1 N–H and O–H groups in total. The second kappa shape index (κ2) is 4.74. The lowest BCUT2D eigenvalue weighted by Crippen LogP contribution is -2.21. The molecule has 0 radical (unpaired) electrons. The fourth-order valence-electron chi connectivity index (χ4n) is 1.74. The molecule has 1 rings (SSSR count). The minimum Gasteiger partial charge on any atom is -0.496 e. The lowest BCUT2D eigenvalue weighted by Gasteiger charge is -2.17. The molecule has 0 bridgehead atoms. The van der Waals surface area contributed by atoms with Gasteiger partial charge in [-0.2, -0.15) is 0 Å². The summed E-state index contributed by atoms with van der Waals surface area (Å²) in [6.45, 7) is 5.63. The number of hydrogen-bond donors (Lipinski definition) is 1.